The Morgan fingerprint density at radius 3 is 2.11 bits per heavy atom. The summed E-state index contributed by atoms with van der Waals surface area (Å²) in [4.78, 5) is 25.3. The molecule has 2 N–H and O–H groups in total. The SMILES string of the molecule is CCNC(C)(C)C(=O)NCCC(=O)N(CC)CC. The number of nitrogens with zero attached hydrogens (tertiary/aromatic N) is 1. The van der Waals surface area contributed by atoms with Gasteiger partial charge in [0.15, 0.2) is 0 Å². The number of hydrogen-bond donors (Lipinski definition) is 2. The molecule has 0 aliphatic heterocycles. The lowest BCUT2D eigenvalue weighted by atomic mass is 10.0. The van der Waals surface area contributed by atoms with Crippen LogP contribution in [0.15, 0.2) is 0 Å². The van der Waals surface area contributed by atoms with Crippen LogP contribution in [0.25, 0.3) is 0 Å². The molecule has 0 aromatic heterocycles. The molecular weight excluding hydrogens is 230 g/mol. The molecule has 0 bridgehead atoms. The third-order valence-electron chi connectivity index (χ3n) is 2.93. The van der Waals surface area contributed by atoms with E-state index >= 15 is 0 Å². The standard InChI is InChI=1S/C13H27N3O2/c1-6-15-13(4,5)12(18)14-10-9-11(17)16(7-2)8-3/h15H,6-10H2,1-5H3,(H,14,18). The Kier molecular flexibility index (Phi) is 7.59. The van der Waals surface area contributed by atoms with Gasteiger partial charge in [-0.15, -0.1) is 0 Å². The van der Waals surface area contributed by atoms with E-state index in [4.69, 9.17) is 0 Å². The molecule has 0 rings (SSSR count). The van der Waals surface area contributed by atoms with Crippen LogP contribution in [-0.2, 0) is 9.59 Å². The van der Waals surface area contributed by atoms with E-state index in [1.807, 2.05) is 34.6 Å². The van der Waals surface area contributed by atoms with Gasteiger partial charge in [0.2, 0.25) is 11.8 Å². The van der Waals surface area contributed by atoms with Crippen molar-refractivity contribution in [2.45, 2.75) is 46.6 Å². The second-order valence-corrected chi connectivity index (χ2v) is 4.73. The first-order chi connectivity index (χ1) is 8.38. The third-order valence-corrected chi connectivity index (χ3v) is 2.93. The zero-order valence-corrected chi connectivity index (χ0v) is 12.3. The first kappa shape index (κ1) is 16.9. The molecule has 0 radical (unpaired) electrons. The molecule has 0 heterocycles. The highest BCUT2D eigenvalue weighted by Gasteiger charge is 2.25. The van der Waals surface area contributed by atoms with Gasteiger partial charge in [-0.05, 0) is 34.2 Å². The van der Waals surface area contributed by atoms with Gasteiger partial charge in [-0.2, -0.15) is 0 Å². The average Bonchev–Trinajstić information content (AvgIpc) is 2.30. The van der Waals surface area contributed by atoms with Gasteiger partial charge in [0.05, 0.1) is 5.54 Å². The number of likely N-dealkylation sites (N-methyl/N-ethyl adjacent to an activating group) is 1. The van der Waals surface area contributed by atoms with Crippen molar-refractivity contribution < 1.29 is 9.59 Å². The fourth-order valence-corrected chi connectivity index (χ4v) is 1.76. The molecule has 0 aliphatic carbocycles. The molecule has 106 valence electrons. The van der Waals surface area contributed by atoms with Gasteiger partial charge in [0, 0.05) is 26.1 Å². The average molecular weight is 257 g/mol. The van der Waals surface area contributed by atoms with E-state index in [9.17, 15) is 9.59 Å². The molecule has 0 fully saturated rings. The molecule has 0 aromatic carbocycles. The minimum atomic E-state index is -0.590. The monoisotopic (exact) mass is 257 g/mol. The fraction of sp³-hybridized carbons (Fsp3) is 0.846. The Balaban J connectivity index is 4.05. The summed E-state index contributed by atoms with van der Waals surface area (Å²) in [5.41, 5.74) is -0.590. The number of carbonyl (C=O) groups is 2. The van der Waals surface area contributed by atoms with E-state index in [2.05, 4.69) is 10.6 Å². The smallest absolute Gasteiger partial charge is 0.239 e. The lowest BCUT2D eigenvalue weighted by Gasteiger charge is -2.25. The highest BCUT2D eigenvalue weighted by molar-refractivity contribution is 5.86. The molecule has 0 aliphatic rings. The van der Waals surface area contributed by atoms with E-state index in [1.165, 1.54) is 0 Å². The van der Waals surface area contributed by atoms with Crippen LogP contribution in [0.2, 0.25) is 0 Å². The minimum Gasteiger partial charge on any atom is -0.354 e. The Hall–Kier alpha value is -1.10. The van der Waals surface area contributed by atoms with Crippen LogP contribution in [0.3, 0.4) is 0 Å². The van der Waals surface area contributed by atoms with Crippen LogP contribution in [0.4, 0.5) is 0 Å². The molecule has 0 unspecified atom stereocenters. The molecule has 0 atom stereocenters. The Morgan fingerprint density at radius 1 is 1.11 bits per heavy atom. The summed E-state index contributed by atoms with van der Waals surface area (Å²) in [6.45, 7) is 12.1. The van der Waals surface area contributed by atoms with Crippen molar-refractivity contribution in [2.24, 2.45) is 0 Å². The number of rotatable bonds is 8. The first-order valence-corrected chi connectivity index (χ1v) is 6.70. The minimum absolute atomic E-state index is 0.0725. The quantitative estimate of drug-likeness (QED) is 0.674. The summed E-state index contributed by atoms with van der Waals surface area (Å²) in [7, 11) is 0. The molecule has 18 heavy (non-hydrogen) atoms. The number of nitrogens with one attached hydrogen (secondary N) is 2. The first-order valence-electron chi connectivity index (χ1n) is 6.70. The maximum absolute atomic E-state index is 11.8. The van der Waals surface area contributed by atoms with Gasteiger partial charge in [0.25, 0.3) is 0 Å². The largest absolute Gasteiger partial charge is 0.354 e. The third kappa shape index (κ3) is 5.49. The van der Waals surface area contributed by atoms with Crippen molar-refractivity contribution in [1.82, 2.24) is 15.5 Å². The van der Waals surface area contributed by atoms with Crippen LogP contribution < -0.4 is 10.6 Å². The maximum atomic E-state index is 11.8. The molecule has 5 heteroatoms. The summed E-state index contributed by atoms with van der Waals surface area (Å²) in [5, 5.41) is 5.89. The highest BCUT2D eigenvalue weighted by atomic mass is 16.2. The predicted octanol–water partition coefficient (Wildman–Crippen LogP) is 0.749. The molecule has 0 aromatic rings. The summed E-state index contributed by atoms with van der Waals surface area (Å²) in [6.07, 6.45) is 0.357. The van der Waals surface area contributed by atoms with Gasteiger partial charge in [-0.1, -0.05) is 6.92 Å². The Morgan fingerprint density at radius 2 is 1.67 bits per heavy atom. The van der Waals surface area contributed by atoms with E-state index in [1.54, 1.807) is 4.90 Å². The second-order valence-electron chi connectivity index (χ2n) is 4.73. The van der Waals surface area contributed by atoms with Gasteiger partial charge >= 0.3 is 0 Å². The maximum Gasteiger partial charge on any atom is 0.239 e. The summed E-state index contributed by atoms with van der Waals surface area (Å²) >= 11 is 0. The van der Waals surface area contributed by atoms with Gasteiger partial charge in [-0.25, -0.2) is 0 Å². The summed E-state index contributed by atoms with van der Waals surface area (Å²) in [5.74, 6) is 0.0123. The fourth-order valence-electron chi connectivity index (χ4n) is 1.76. The van der Waals surface area contributed by atoms with Crippen LogP contribution in [0.1, 0.15) is 41.0 Å². The van der Waals surface area contributed by atoms with Gasteiger partial charge in [-0.3, -0.25) is 9.59 Å². The van der Waals surface area contributed by atoms with Crippen molar-refractivity contribution in [3.8, 4) is 0 Å². The van der Waals surface area contributed by atoms with Crippen LogP contribution in [0.5, 0.6) is 0 Å². The number of carbonyl (C=O) groups excluding carboxylic acids is 2. The van der Waals surface area contributed by atoms with Crippen molar-refractivity contribution >= 4 is 11.8 Å². The molecule has 0 saturated heterocycles. The van der Waals surface area contributed by atoms with Gasteiger partial charge < -0.3 is 15.5 Å². The summed E-state index contributed by atoms with van der Waals surface area (Å²) < 4.78 is 0. The van der Waals surface area contributed by atoms with Crippen LogP contribution in [0, 0.1) is 0 Å². The van der Waals surface area contributed by atoms with Crippen molar-refractivity contribution in [2.75, 3.05) is 26.2 Å². The Bertz CT molecular complexity index is 273. The lowest BCUT2D eigenvalue weighted by Crippen LogP contribution is -2.53. The van der Waals surface area contributed by atoms with Crippen LogP contribution >= 0.6 is 0 Å². The predicted molar refractivity (Wildman–Crippen MR) is 73.3 cm³/mol. The van der Waals surface area contributed by atoms with Gasteiger partial charge in [0.1, 0.15) is 0 Å². The normalized spacial score (nSPS) is 11.2. The molecule has 0 spiro atoms. The van der Waals surface area contributed by atoms with Crippen molar-refractivity contribution in [3.63, 3.8) is 0 Å². The number of hydrogen-bond acceptors (Lipinski definition) is 3. The summed E-state index contributed by atoms with van der Waals surface area (Å²) in [6, 6.07) is 0. The van der Waals surface area contributed by atoms with E-state index in [-0.39, 0.29) is 11.8 Å². The van der Waals surface area contributed by atoms with E-state index in [0.717, 1.165) is 6.54 Å². The molecular formula is C13H27N3O2. The molecule has 5 nitrogen and oxygen atoms in total. The van der Waals surface area contributed by atoms with Crippen molar-refractivity contribution in [3.05, 3.63) is 0 Å². The topological polar surface area (TPSA) is 61.4 Å². The zero-order valence-electron chi connectivity index (χ0n) is 12.3. The molecule has 0 saturated carbocycles. The lowest BCUT2D eigenvalue weighted by molar-refractivity contribution is -0.131. The second kappa shape index (κ2) is 8.08. The zero-order chi connectivity index (χ0) is 14.2. The highest BCUT2D eigenvalue weighted by Crippen LogP contribution is 2.01. The molecule has 2 amide bonds. The van der Waals surface area contributed by atoms with Crippen LogP contribution in [-0.4, -0.2) is 48.4 Å². The van der Waals surface area contributed by atoms with E-state index < -0.39 is 5.54 Å². The van der Waals surface area contributed by atoms with Crippen molar-refractivity contribution in [1.29, 1.82) is 0 Å². The number of amides is 2. The van der Waals surface area contributed by atoms with E-state index in [0.29, 0.717) is 26.1 Å². The Labute approximate surface area is 110 Å².